The number of fused-ring (bicyclic) bond motifs is 3. The first-order valence-corrected chi connectivity index (χ1v) is 8.89. The summed E-state index contributed by atoms with van der Waals surface area (Å²) >= 11 is 0. The molecule has 136 valence electrons. The summed E-state index contributed by atoms with van der Waals surface area (Å²) in [6, 6.07) is 15.1. The molecule has 1 N–H and O–H groups in total. The van der Waals surface area contributed by atoms with Crippen molar-refractivity contribution in [2.75, 3.05) is 0 Å². The van der Waals surface area contributed by atoms with Crippen molar-refractivity contribution in [1.29, 1.82) is 0 Å². The number of nitrogens with one attached hydrogen (secondary N) is 1. The Balaban J connectivity index is 0.000000167. The lowest BCUT2D eigenvalue weighted by molar-refractivity contribution is -0.112. The number of para-hydroxylation sites is 2. The number of hydrogen-bond donors (Lipinski definition) is 1. The van der Waals surface area contributed by atoms with Crippen molar-refractivity contribution in [3.63, 3.8) is 0 Å². The van der Waals surface area contributed by atoms with Crippen LogP contribution in [0.25, 0.3) is 16.8 Å². The van der Waals surface area contributed by atoms with Gasteiger partial charge in [0, 0.05) is 16.5 Å². The summed E-state index contributed by atoms with van der Waals surface area (Å²) in [6.45, 7) is 5.82. The van der Waals surface area contributed by atoms with E-state index in [2.05, 4.69) is 9.97 Å². The van der Waals surface area contributed by atoms with Crippen LogP contribution in [0.2, 0.25) is 0 Å². The number of Topliss-reactive ketones (excluding diaryl/α,β-unsaturated/α-hetero) is 2. The van der Waals surface area contributed by atoms with Gasteiger partial charge in [0.1, 0.15) is 11.9 Å². The van der Waals surface area contributed by atoms with Gasteiger partial charge in [0.15, 0.2) is 0 Å². The van der Waals surface area contributed by atoms with E-state index in [1.165, 1.54) is 0 Å². The van der Waals surface area contributed by atoms with Gasteiger partial charge < -0.3 is 9.72 Å². The fourth-order valence-electron chi connectivity index (χ4n) is 3.47. The monoisotopic (exact) mass is 360 g/mol. The van der Waals surface area contributed by atoms with Crippen molar-refractivity contribution < 1.29 is 14.3 Å². The summed E-state index contributed by atoms with van der Waals surface area (Å²) in [6.07, 6.45) is 1.59. The quantitative estimate of drug-likeness (QED) is 0.611. The Morgan fingerprint density at radius 1 is 0.963 bits per heavy atom. The highest BCUT2D eigenvalue weighted by molar-refractivity contribution is 6.52. The van der Waals surface area contributed by atoms with Gasteiger partial charge in [-0.2, -0.15) is 0 Å². The highest BCUT2D eigenvalue weighted by Crippen LogP contribution is 2.48. The lowest BCUT2D eigenvalue weighted by Gasteiger charge is -2.24. The van der Waals surface area contributed by atoms with Crippen LogP contribution in [-0.2, 0) is 9.53 Å². The molecule has 2 aromatic carbocycles. The number of carbonyl (C=O) groups excluding carboxylic acids is 2. The Kier molecular flexibility index (Phi) is 3.95. The fourth-order valence-corrected chi connectivity index (χ4v) is 3.47. The summed E-state index contributed by atoms with van der Waals surface area (Å²) in [5, 5.41) is 0. The first-order chi connectivity index (χ1) is 12.9. The van der Waals surface area contributed by atoms with Crippen LogP contribution in [0.1, 0.15) is 36.7 Å². The summed E-state index contributed by atoms with van der Waals surface area (Å²) in [7, 11) is 0. The molecule has 0 radical (unpaired) electrons. The van der Waals surface area contributed by atoms with Gasteiger partial charge in [0.2, 0.25) is 11.6 Å². The molecule has 1 aromatic heterocycles. The molecular formula is C22H20N2O3. The van der Waals surface area contributed by atoms with Crippen LogP contribution in [0.3, 0.4) is 0 Å². The fraction of sp³-hybridized carbons (Fsp3) is 0.227. The predicted octanol–water partition coefficient (Wildman–Crippen LogP) is 4.17. The number of aromatic amines is 1. The molecule has 3 aromatic rings. The number of H-pyrrole nitrogens is 1. The Bertz CT molecular complexity index is 1060. The van der Waals surface area contributed by atoms with Crippen molar-refractivity contribution in [1.82, 2.24) is 9.97 Å². The van der Waals surface area contributed by atoms with Crippen molar-refractivity contribution in [3.8, 4) is 0 Å². The normalized spacial score (nSPS) is 19.9. The minimum Gasteiger partial charge on any atom is -0.489 e. The van der Waals surface area contributed by atoms with Gasteiger partial charge in [-0.05, 0) is 19.1 Å². The third kappa shape index (κ3) is 2.67. The zero-order valence-electron chi connectivity index (χ0n) is 15.4. The van der Waals surface area contributed by atoms with E-state index >= 15 is 0 Å². The van der Waals surface area contributed by atoms with Crippen LogP contribution in [-0.4, -0.2) is 27.6 Å². The smallest absolute Gasteiger partial charge is 0.234 e. The number of hydrogen-bond acceptors (Lipinski definition) is 4. The summed E-state index contributed by atoms with van der Waals surface area (Å²) in [5.41, 5.74) is 3.42. The van der Waals surface area contributed by atoms with Gasteiger partial charge in [0.25, 0.3) is 0 Å². The van der Waals surface area contributed by atoms with Crippen LogP contribution >= 0.6 is 0 Å². The van der Waals surface area contributed by atoms with E-state index in [1.807, 2.05) is 57.2 Å². The maximum atomic E-state index is 12.2. The number of imidazole rings is 1. The van der Waals surface area contributed by atoms with Crippen LogP contribution in [0.15, 0.2) is 60.4 Å². The van der Waals surface area contributed by atoms with E-state index in [4.69, 9.17) is 4.74 Å². The topological polar surface area (TPSA) is 72.1 Å². The zero-order chi connectivity index (χ0) is 19.2. The maximum Gasteiger partial charge on any atom is 0.234 e. The van der Waals surface area contributed by atoms with Gasteiger partial charge in [-0.25, -0.2) is 4.98 Å². The molecule has 5 nitrogen and oxygen atoms in total. The number of carbonyl (C=O) groups is 2. The molecule has 1 unspecified atom stereocenters. The van der Waals surface area contributed by atoms with Crippen molar-refractivity contribution >= 4 is 28.4 Å². The van der Waals surface area contributed by atoms with Crippen molar-refractivity contribution in [2.24, 2.45) is 5.41 Å². The van der Waals surface area contributed by atoms with E-state index in [1.54, 1.807) is 18.5 Å². The number of ether oxygens (including phenoxy) is 1. The van der Waals surface area contributed by atoms with E-state index in [0.29, 0.717) is 16.9 Å². The van der Waals surface area contributed by atoms with Crippen LogP contribution in [0, 0.1) is 5.41 Å². The molecule has 0 spiro atoms. The Labute approximate surface area is 157 Å². The van der Waals surface area contributed by atoms with Gasteiger partial charge in [-0.15, -0.1) is 0 Å². The lowest BCUT2D eigenvalue weighted by Crippen LogP contribution is -2.32. The third-order valence-corrected chi connectivity index (χ3v) is 5.36. The Morgan fingerprint density at radius 2 is 1.63 bits per heavy atom. The molecular weight excluding hydrogens is 340 g/mol. The molecule has 0 amide bonds. The number of aromatic nitrogens is 2. The van der Waals surface area contributed by atoms with Gasteiger partial charge in [-0.1, -0.05) is 50.2 Å². The number of benzene rings is 2. The molecule has 1 aliphatic heterocycles. The number of nitrogens with zero attached hydrogens (tertiary/aromatic N) is 1. The van der Waals surface area contributed by atoms with Gasteiger partial charge in [-0.3, -0.25) is 9.59 Å². The molecule has 2 aliphatic rings. The molecule has 0 fully saturated rings. The molecule has 0 bridgehead atoms. The van der Waals surface area contributed by atoms with E-state index in [-0.39, 0.29) is 6.10 Å². The second kappa shape index (κ2) is 6.20. The van der Waals surface area contributed by atoms with Crippen molar-refractivity contribution in [3.05, 3.63) is 71.6 Å². The minimum atomic E-state index is -0.421. The molecule has 0 saturated carbocycles. The third-order valence-electron chi connectivity index (χ3n) is 5.36. The van der Waals surface area contributed by atoms with E-state index in [9.17, 15) is 9.59 Å². The molecule has 0 saturated heterocycles. The summed E-state index contributed by atoms with van der Waals surface area (Å²) < 4.78 is 5.83. The van der Waals surface area contributed by atoms with Crippen LogP contribution in [0.5, 0.6) is 0 Å². The summed E-state index contributed by atoms with van der Waals surface area (Å²) in [5.74, 6) is -0.249. The Morgan fingerprint density at radius 3 is 2.37 bits per heavy atom. The second-order valence-corrected chi connectivity index (χ2v) is 7.31. The standard InChI is InChI=1S/C15H14O3.C7H6N2/c1-8-15(2,3)11-13(17)12(16)9-6-4-5-7-10(9)14(11)18-8;1-2-4-7-6(3-1)8-5-9-7/h4-8H,1-3H3;1-5H,(H,8,9). The largest absolute Gasteiger partial charge is 0.489 e. The van der Waals surface area contributed by atoms with Crippen LogP contribution in [0.4, 0.5) is 0 Å². The Hall–Kier alpha value is -3.21. The average Bonchev–Trinajstić information content (AvgIpc) is 3.23. The molecule has 5 rings (SSSR count). The molecule has 1 aliphatic carbocycles. The average molecular weight is 360 g/mol. The molecule has 1 atom stereocenters. The lowest BCUT2D eigenvalue weighted by atomic mass is 9.74. The molecule has 27 heavy (non-hydrogen) atoms. The van der Waals surface area contributed by atoms with Crippen LogP contribution < -0.4 is 0 Å². The number of ketones is 2. The predicted molar refractivity (Wildman–Crippen MR) is 103 cm³/mol. The van der Waals surface area contributed by atoms with E-state index in [0.717, 1.165) is 16.6 Å². The first kappa shape index (κ1) is 17.2. The van der Waals surface area contributed by atoms with Crippen molar-refractivity contribution in [2.45, 2.75) is 26.9 Å². The van der Waals surface area contributed by atoms with Gasteiger partial charge >= 0.3 is 0 Å². The highest BCUT2D eigenvalue weighted by atomic mass is 16.5. The summed E-state index contributed by atoms with van der Waals surface area (Å²) in [4.78, 5) is 31.4. The van der Waals surface area contributed by atoms with Gasteiger partial charge in [0.05, 0.1) is 22.9 Å². The first-order valence-electron chi connectivity index (χ1n) is 8.89. The number of rotatable bonds is 0. The minimum absolute atomic E-state index is 0.106. The molecule has 5 heteroatoms. The zero-order valence-corrected chi connectivity index (χ0v) is 15.4. The molecule has 2 heterocycles. The second-order valence-electron chi connectivity index (χ2n) is 7.31. The maximum absolute atomic E-state index is 12.2. The SMILES string of the molecule is CC1OC2=C(C(=O)C(=O)c3ccccc32)C1(C)C.c1ccc2[nH]cnc2c1. The van der Waals surface area contributed by atoms with E-state index < -0.39 is 17.0 Å². The highest BCUT2D eigenvalue weighted by Gasteiger charge is 2.49.